The number of para-hydroxylation sites is 1. The monoisotopic (exact) mass is 534 g/mol. The first-order valence-electron chi connectivity index (χ1n) is 12.7. The third-order valence-electron chi connectivity index (χ3n) is 5.63. The number of anilines is 1. The van der Waals surface area contributed by atoms with Crippen molar-refractivity contribution in [3.05, 3.63) is 65.2 Å². The van der Waals surface area contributed by atoms with Gasteiger partial charge in [0.1, 0.15) is 5.88 Å². The summed E-state index contributed by atoms with van der Waals surface area (Å²) >= 11 is 7.16. The van der Waals surface area contributed by atoms with Gasteiger partial charge in [0, 0.05) is 26.0 Å². The molecule has 0 heterocycles. The van der Waals surface area contributed by atoms with Crippen LogP contribution in [0.3, 0.4) is 0 Å². The molecule has 0 unspecified atom stereocenters. The van der Waals surface area contributed by atoms with Crippen LogP contribution in [-0.2, 0) is 21.7 Å². The third-order valence-corrected chi connectivity index (χ3v) is 6.84. The summed E-state index contributed by atoms with van der Waals surface area (Å²) in [6, 6.07) is 16.2. The molecule has 2 rings (SSSR count). The van der Waals surface area contributed by atoms with Crippen molar-refractivity contribution < 1.29 is 14.3 Å². The number of nitrogens with zero attached hydrogens (tertiary/aromatic N) is 2. The van der Waals surface area contributed by atoms with E-state index in [1.54, 1.807) is 12.0 Å². The van der Waals surface area contributed by atoms with Crippen molar-refractivity contribution in [2.75, 3.05) is 37.6 Å². The summed E-state index contributed by atoms with van der Waals surface area (Å²) in [6.07, 6.45) is 2.93. The van der Waals surface area contributed by atoms with Crippen molar-refractivity contribution in [1.82, 2.24) is 4.90 Å². The fraction of sp³-hybridized carbons (Fsp3) is 0.517. The second kappa shape index (κ2) is 18.3. The van der Waals surface area contributed by atoms with Crippen molar-refractivity contribution in [2.45, 2.75) is 65.7 Å². The van der Waals surface area contributed by atoms with E-state index in [9.17, 15) is 9.59 Å². The molecule has 0 aliphatic rings. The molecule has 2 amide bonds. The molecule has 2 aromatic rings. The van der Waals surface area contributed by atoms with Crippen LogP contribution in [0.1, 0.15) is 57.2 Å². The Morgan fingerprint density at radius 1 is 1.00 bits per heavy atom. The summed E-state index contributed by atoms with van der Waals surface area (Å²) in [4.78, 5) is 27.9. The van der Waals surface area contributed by atoms with E-state index in [0.717, 1.165) is 54.9 Å². The van der Waals surface area contributed by atoms with Crippen molar-refractivity contribution in [3.63, 3.8) is 0 Å². The predicted molar refractivity (Wildman–Crippen MR) is 155 cm³/mol. The normalized spacial score (nSPS) is 11.3. The van der Waals surface area contributed by atoms with E-state index in [2.05, 4.69) is 39.0 Å². The molecule has 0 saturated carbocycles. The number of amides is 2. The molecule has 0 bridgehead atoms. The molecule has 0 saturated heterocycles. The molecule has 0 fully saturated rings. The molecule has 0 spiro atoms. The zero-order valence-electron chi connectivity index (χ0n) is 22.8. The molecule has 0 aliphatic carbocycles. The highest BCUT2D eigenvalue weighted by atomic mass is 35.5. The van der Waals surface area contributed by atoms with Crippen LogP contribution in [0.15, 0.2) is 48.5 Å². The first-order chi connectivity index (χ1) is 17.3. The number of carbonyl (C=O) groups is 2. The molecule has 0 aromatic heterocycles. The van der Waals surface area contributed by atoms with Gasteiger partial charge in [-0.3, -0.25) is 9.59 Å². The third kappa shape index (κ3) is 10.5. The maximum atomic E-state index is 12.2. The lowest BCUT2D eigenvalue weighted by atomic mass is 10.0. The smallest absolute Gasteiger partial charge is 0.281 e. The Hall–Kier alpha value is -2.02. The molecule has 7 heteroatoms. The van der Waals surface area contributed by atoms with Crippen LogP contribution in [0.2, 0.25) is 0 Å². The average molecular weight is 535 g/mol. The summed E-state index contributed by atoms with van der Waals surface area (Å²) in [5.74, 6) is 0.657. The van der Waals surface area contributed by atoms with Gasteiger partial charge >= 0.3 is 0 Å². The van der Waals surface area contributed by atoms with Crippen LogP contribution in [0, 0.1) is 6.92 Å². The Morgan fingerprint density at radius 3 is 2.17 bits per heavy atom. The molecule has 0 radical (unpaired) electrons. The maximum absolute atomic E-state index is 12.2. The zero-order chi connectivity index (χ0) is 26.9. The SMILES string of the molecule is CCCN(CCC)C(=O)SCc1ccccc1.CCc1cccc(C)c1N(C(=O)CCl)[C@@H](C)COC. The number of rotatable bonds is 12. The van der Waals surface area contributed by atoms with E-state index in [1.165, 1.54) is 17.3 Å². The Labute approximate surface area is 227 Å². The molecule has 36 heavy (non-hydrogen) atoms. The van der Waals surface area contributed by atoms with E-state index in [-0.39, 0.29) is 23.1 Å². The summed E-state index contributed by atoms with van der Waals surface area (Å²) in [5.41, 5.74) is 4.42. The molecular weight excluding hydrogens is 492 g/mol. The van der Waals surface area contributed by atoms with E-state index in [1.807, 2.05) is 49.1 Å². The summed E-state index contributed by atoms with van der Waals surface area (Å²) < 4.78 is 5.18. The van der Waals surface area contributed by atoms with Crippen molar-refractivity contribution in [2.24, 2.45) is 0 Å². The van der Waals surface area contributed by atoms with Gasteiger partial charge in [-0.2, -0.15) is 0 Å². The summed E-state index contributed by atoms with van der Waals surface area (Å²) in [7, 11) is 1.64. The van der Waals surface area contributed by atoms with Gasteiger partial charge in [0.2, 0.25) is 5.91 Å². The van der Waals surface area contributed by atoms with E-state index >= 15 is 0 Å². The Bertz CT molecular complexity index is 905. The van der Waals surface area contributed by atoms with Crippen LogP contribution >= 0.6 is 23.4 Å². The van der Waals surface area contributed by atoms with Gasteiger partial charge in [-0.1, -0.05) is 81.1 Å². The van der Waals surface area contributed by atoms with Crippen molar-refractivity contribution in [3.8, 4) is 0 Å². The quantitative estimate of drug-likeness (QED) is 0.267. The lowest BCUT2D eigenvalue weighted by Gasteiger charge is -2.31. The number of alkyl halides is 1. The molecule has 2 aromatic carbocycles. The molecule has 0 N–H and O–H groups in total. The number of thioether (sulfide) groups is 1. The Balaban J connectivity index is 0.000000362. The maximum Gasteiger partial charge on any atom is 0.281 e. The van der Waals surface area contributed by atoms with Crippen LogP contribution in [0.5, 0.6) is 0 Å². The molecule has 1 atom stereocenters. The minimum atomic E-state index is -0.0878. The number of hydrogen-bond acceptors (Lipinski definition) is 4. The number of carbonyl (C=O) groups excluding carboxylic acids is 2. The number of halogens is 1. The highest BCUT2D eigenvalue weighted by molar-refractivity contribution is 8.12. The molecule has 200 valence electrons. The topological polar surface area (TPSA) is 49.9 Å². The van der Waals surface area contributed by atoms with Crippen molar-refractivity contribution in [1.29, 1.82) is 0 Å². The highest BCUT2D eigenvalue weighted by Gasteiger charge is 2.24. The number of ether oxygens (including phenoxy) is 1. The van der Waals surface area contributed by atoms with E-state index < -0.39 is 0 Å². The number of methoxy groups -OCH3 is 1. The molecular formula is C29H43ClN2O3S. The van der Waals surface area contributed by atoms with Crippen molar-refractivity contribution >= 4 is 40.2 Å². The van der Waals surface area contributed by atoms with Gasteiger partial charge in [-0.25, -0.2) is 0 Å². The largest absolute Gasteiger partial charge is 0.383 e. The minimum Gasteiger partial charge on any atom is -0.383 e. The molecule has 0 aliphatic heterocycles. The fourth-order valence-corrected chi connectivity index (χ4v) is 4.94. The fourth-order valence-electron chi connectivity index (χ4n) is 3.97. The summed E-state index contributed by atoms with van der Waals surface area (Å²) in [6.45, 7) is 12.5. The zero-order valence-corrected chi connectivity index (χ0v) is 24.3. The van der Waals surface area contributed by atoms with Gasteiger partial charge in [0.15, 0.2) is 0 Å². The second-order valence-corrected chi connectivity index (χ2v) is 9.86. The highest BCUT2D eigenvalue weighted by Crippen LogP contribution is 2.28. The van der Waals surface area contributed by atoms with Gasteiger partial charge in [0.25, 0.3) is 5.24 Å². The Morgan fingerprint density at radius 2 is 1.64 bits per heavy atom. The van der Waals surface area contributed by atoms with Crippen LogP contribution < -0.4 is 4.90 Å². The first-order valence-corrected chi connectivity index (χ1v) is 14.3. The molecule has 5 nitrogen and oxygen atoms in total. The lowest BCUT2D eigenvalue weighted by Crippen LogP contribution is -2.43. The standard InChI is InChI=1S/C15H22ClNO2.C14H21NOS/c1-5-13-8-6-7-11(2)15(13)17(14(18)9-16)12(3)10-19-4;1-3-10-15(11-4-2)14(16)17-12-13-8-6-5-7-9-13/h6-8,12H,5,9-10H2,1-4H3;5-9H,3-4,10-12H2,1-2H3/t12-;/m0./s1. The van der Waals surface area contributed by atoms with Gasteiger partial charge < -0.3 is 14.5 Å². The van der Waals surface area contributed by atoms with Gasteiger partial charge in [0.05, 0.1) is 18.3 Å². The van der Waals surface area contributed by atoms with Crippen LogP contribution in [0.25, 0.3) is 0 Å². The van der Waals surface area contributed by atoms with E-state index in [4.69, 9.17) is 16.3 Å². The first kappa shape index (κ1) is 32.0. The van der Waals surface area contributed by atoms with E-state index in [0.29, 0.717) is 6.61 Å². The second-order valence-electron chi connectivity index (χ2n) is 8.67. The van der Waals surface area contributed by atoms with Crippen LogP contribution in [-0.4, -0.2) is 54.8 Å². The average Bonchev–Trinajstić information content (AvgIpc) is 2.89. The predicted octanol–water partition coefficient (Wildman–Crippen LogP) is 7.33. The van der Waals surface area contributed by atoms with Gasteiger partial charge in [-0.15, -0.1) is 11.6 Å². The number of aryl methyl sites for hydroxylation is 2. The Kier molecular flexibility index (Phi) is 16.2. The number of benzene rings is 2. The van der Waals surface area contributed by atoms with Crippen LogP contribution in [0.4, 0.5) is 10.5 Å². The number of hydrogen-bond donors (Lipinski definition) is 0. The lowest BCUT2D eigenvalue weighted by molar-refractivity contribution is -0.116. The van der Waals surface area contributed by atoms with Gasteiger partial charge in [-0.05, 0) is 49.8 Å². The minimum absolute atomic E-state index is 0.0223. The summed E-state index contributed by atoms with van der Waals surface area (Å²) in [5, 5.41) is 0.206.